The largest absolute Gasteiger partial charge is 0.0654 e. The van der Waals surface area contributed by atoms with Gasteiger partial charge in [0.2, 0.25) is 0 Å². The third kappa shape index (κ3) is 4.15. The quantitative estimate of drug-likeness (QED) is 0.580. The van der Waals surface area contributed by atoms with E-state index in [1.54, 1.807) is 0 Å². The van der Waals surface area contributed by atoms with Gasteiger partial charge in [-0.2, -0.15) is 0 Å². The summed E-state index contributed by atoms with van der Waals surface area (Å²) in [5, 5.41) is 0. The summed E-state index contributed by atoms with van der Waals surface area (Å²) in [5.41, 5.74) is 0.705. The van der Waals surface area contributed by atoms with Crippen molar-refractivity contribution < 1.29 is 0 Å². The standard InChI is InChI=1S/C13H26/c1-3-4-10-13(2)11-8-6-5-7-9-12-13/h3-12H2,1-2H3. The highest BCUT2D eigenvalue weighted by Crippen LogP contribution is 2.37. The summed E-state index contributed by atoms with van der Waals surface area (Å²) in [4.78, 5) is 0. The number of rotatable bonds is 3. The Balaban J connectivity index is 2.32. The first-order valence-corrected chi connectivity index (χ1v) is 6.27. The third-order valence-corrected chi connectivity index (χ3v) is 3.69. The molecular formula is C13H26. The van der Waals surface area contributed by atoms with Crippen LogP contribution in [0.15, 0.2) is 0 Å². The van der Waals surface area contributed by atoms with Crippen LogP contribution in [0.25, 0.3) is 0 Å². The second-order valence-corrected chi connectivity index (χ2v) is 5.18. The minimum atomic E-state index is 0.705. The van der Waals surface area contributed by atoms with Crippen molar-refractivity contribution in [2.75, 3.05) is 0 Å². The van der Waals surface area contributed by atoms with Crippen molar-refractivity contribution in [3.8, 4) is 0 Å². The van der Waals surface area contributed by atoms with Crippen molar-refractivity contribution in [2.45, 2.75) is 78.1 Å². The molecule has 0 amide bonds. The van der Waals surface area contributed by atoms with E-state index >= 15 is 0 Å². The molecule has 13 heavy (non-hydrogen) atoms. The van der Waals surface area contributed by atoms with Crippen LogP contribution in [0.5, 0.6) is 0 Å². The van der Waals surface area contributed by atoms with Gasteiger partial charge in [-0.05, 0) is 24.7 Å². The van der Waals surface area contributed by atoms with Gasteiger partial charge in [0.05, 0.1) is 0 Å². The highest BCUT2D eigenvalue weighted by atomic mass is 14.3. The highest BCUT2D eigenvalue weighted by Gasteiger charge is 2.23. The Morgan fingerprint density at radius 3 is 2.00 bits per heavy atom. The van der Waals surface area contributed by atoms with Gasteiger partial charge in [0.1, 0.15) is 0 Å². The molecule has 0 aromatic heterocycles. The molecule has 0 bridgehead atoms. The molecule has 0 aromatic carbocycles. The van der Waals surface area contributed by atoms with Gasteiger partial charge in [-0.3, -0.25) is 0 Å². The zero-order valence-corrected chi connectivity index (χ0v) is 9.57. The average molecular weight is 182 g/mol. The van der Waals surface area contributed by atoms with Gasteiger partial charge in [-0.25, -0.2) is 0 Å². The van der Waals surface area contributed by atoms with Crippen molar-refractivity contribution in [2.24, 2.45) is 5.41 Å². The third-order valence-electron chi connectivity index (χ3n) is 3.69. The molecule has 0 spiro atoms. The molecule has 1 aliphatic carbocycles. The SMILES string of the molecule is CCCCC1(C)CCCCCCC1. The van der Waals surface area contributed by atoms with Crippen molar-refractivity contribution in [1.29, 1.82) is 0 Å². The van der Waals surface area contributed by atoms with E-state index in [0.29, 0.717) is 5.41 Å². The van der Waals surface area contributed by atoms with E-state index in [1.807, 2.05) is 0 Å². The van der Waals surface area contributed by atoms with E-state index in [9.17, 15) is 0 Å². The van der Waals surface area contributed by atoms with Gasteiger partial charge in [0, 0.05) is 0 Å². The summed E-state index contributed by atoms with van der Waals surface area (Å²) >= 11 is 0. The number of hydrogen-bond acceptors (Lipinski definition) is 0. The van der Waals surface area contributed by atoms with Crippen molar-refractivity contribution in [1.82, 2.24) is 0 Å². The number of unbranched alkanes of at least 4 members (excludes halogenated alkanes) is 1. The zero-order chi connectivity index (χ0) is 9.57. The molecular weight excluding hydrogens is 156 g/mol. The van der Waals surface area contributed by atoms with Crippen LogP contribution in [0.2, 0.25) is 0 Å². The molecule has 0 atom stereocenters. The first kappa shape index (κ1) is 11.1. The van der Waals surface area contributed by atoms with Gasteiger partial charge >= 0.3 is 0 Å². The van der Waals surface area contributed by atoms with Crippen LogP contribution in [-0.4, -0.2) is 0 Å². The Hall–Kier alpha value is 0. The summed E-state index contributed by atoms with van der Waals surface area (Å²) in [5.74, 6) is 0. The average Bonchev–Trinajstić information content (AvgIpc) is 2.09. The lowest BCUT2D eigenvalue weighted by molar-refractivity contribution is 0.213. The van der Waals surface area contributed by atoms with Crippen LogP contribution < -0.4 is 0 Å². The van der Waals surface area contributed by atoms with Crippen molar-refractivity contribution in [3.05, 3.63) is 0 Å². The van der Waals surface area contributed by atoms with E-state index in [4.69, 9.17) is 0 Å². The molecule has 1 saturated carbocycles. The van der Waals surface area contributed by atoms with Gasteiger partial charge < -0.3 is 0 Å². The van der Waals surface area contributed by atoms with Crippen LogP contribution in [0, 0.1) is 5.41 Å². The van der Waals surface area contributed by atoms with Crippen LogP contribution >= 0.6 is 0 Å². The highest BCUT2D eigenvalue weighted by molar-refractivity contribution is 4.76. The molecule has 0 aliphatic heterocycles. The molecule has 0 heterocycles. The minimum absolute atomic E-state index is 0.705. The van der Waals surface area contributed by atoms with Crippen molar-refractivity contribution in [3.63, 3.8) is 0 Å². The maximum absolute atomic E-state index is 2.52. The molecule has 1 rings (SSSR count). The molecule has 0 unspecified atom stereocenters. The summed E-state index contributed by atoms with van der Waals surface area (Å²) in [6.07, 6.45) is 14.7. The Morgan fingerprint density at radius 2 is 1.46 bits per heavy atom. The Kier molecular flexibility index (Phi) is 4.83. The van der Waals surface area contributed by atoms with E-state index < -0.39 is 0 Å². The maximum Gasteiger partial charge on any atom is -0.0326 e. The van der Waals surface area contributed by atoms with E-state index in [2.05, 4.69) is 13.8 Å². The smallest absolute Gasteiger partial charge is 0.0326 e. The Morgan fingerprint density at radius 1 is 0.923 bits per heavy atom. The Bertz CT molecular complexity index is 112. The van der Waals surface area contributed by atoms with Gasteiger partial charge in [0.15, 0.2) is 0 Å². The lowest BCUT2D eigenvalue weighted by Crippen LogP contribution is -2.17. The van der Waals surface area contributed by atoms with E-state index in [-0.39, 0.29) is 0 Å². The molecule has 1 aliphatic rings. The van der Waals surface area contributed by atoms with Crippen LogP contribution in [0.3, 0.4) is 0 Å². The second kappa shape index (κ2) is 5.67. The predicted octanol–water partition coefficient (Wildman–Crippen LogP) is 4.93. The molecule has 0 aromatic rings. The maximum atomic E-state index is 2.52. The molecule has 78 valence electrons. The molecule has 0 saturated heterocycles. The normalized spacial score (nSPS) is 23.5. The molecule has 0 nitrogen and oxygen atoms in total. The van der Waals surface area contributed by atoms with Crippen LogP contribution in [0.1, 0.15) is 78.1 Å². The molecule has 1 fully saturated rings. The van der Waals surface area contributed by atoms with Crippen LogP contribution in [-0.2, 0) is 0 Å². The molecule has 0 N–H and O–H groups in total. The summed E-state index contributed by atoms with van der Waals surface area (Å²) in [6.45, 7) is 4.83. The van der Waals surface area contributed by atoms with E-state index in [1.165, 1.54) is 64.2 Å². The van der Waals surface area contributed by atoms with Crippen molar-refractivity contribution >= 4 is 0 Å². The summed E-state index contributed by atoms with van der Waals surface area (Å²) in [6, 6.07) is 0. The minimum Gasteiger partial charge on any atom is -0.0654 e. The monoisotopic (exact) mass is 182 g/mol. The van der Waals surface area contributed by atoms with Gasteiger partial charge in [-0.15, -0.1) is 0 Å². The summed E-state index contributed by atoms with van der Waals surface area (Å²) in [7, 11) is 0. The Labute approximate surface area is 84.1 Å². The predicted molar refractivity (Wildman–Crippen MR) is 60.0 cm³/mol. The fourth-order valence-electron chi connectivity index (χ4n) is 2.61. The lowest BCUT2D eigenvalue weighted by atomic mass is 9.74. The second-order valence-electron chi connectivity index (χ2n) is 5.18. The van der Waals surface area contributed by atoms with Gasteiger partial charge in [-0.1, -0.05) is 58.8 Å². The first-order chi connectivity index (χ1) is 6.27. The van der Waals surface area contributed by atoms with E-state index in [0.717, 1.165) is 0 Å². The molecule has 0 heteroatoms. The fourth-order valence-corrected chi connectivity index (χ4v) is 2.61. The lowest BCUT2D eigenvalue weighted by Gasteiger charge is -2.31. The molecule has 0 radical (unpaired) electrons. The van der Waals surface area contributed by atoms with Crippen LogP contribution in [0.4, 0.5) is 0 Å². The topological polar surface area (TPSA) is 0 Å². The fraction of sp³-hybridized carbons (Fsp3) is 1.00. The number of hydrogen-bond donors (Lipinski definition) is 0. The van der Waals surface area contributed by atoms with Gasteiger partial charge in [0.25, 0.3) is 0 Å². The zero-order valence-electron chi connectivity index (χ0n) is 9.57. The summed E-state index contributed by atoms with van der Waals surface area (Å²) < 4.78 is 0. The first-order valence-electron chi connectivity index (χ1n) is 6.27.